The van der Waals surface area contributed by atoms with Crippen molar-refractivity contribution in [2.75, 3.05) is 49.3 Å². The van der Waals surface area contributed by atoms with Crippen LogP contribution in [0, 0.1) is 0 Å². The van der Waals surface area contributed by atoms with Gasteiger partial charge in [0.15, 0.2) is 5.82 Å². The Bertz CT molecular complexity index is 228. The van der Waals surface area contributed by atoms with Gasteiger partial charge in [0.1, 0.15) is 6.20 Å². The second-order valence-electron chi connectivity index (χ2n) is 4.89. The van der Waals surface area contributed by atoms with Crippen molar-refractivity contribution in [3.05, 3.63) is 12.0 Å². The molecule has 0 fully saturated rings. The first kappa shape index (κ1) is 18.5. The van der Waals surface area contributed by atoms with Gasteiger partial charge in [-0.3, -0.25) is 0 Å². The van der Waals surface area contributed by atoms with Gasteiger partial charge in [-0.25, -0.2) is 0 Å². The molecule has 8 heteroatoms. The van der Waals surface area contributed by atoms with E-state index in [1.54, 1.807) is 0 Å². The molecule has 0 aromatic carbocycles. The van der Waals surface area contributed by atoms with E-state index in [-0.39, 0.29) is 0 Å². The van der Waals surface area contributed by atoms with E-state index < -0.39 is 7.25 Å². The standard InChI is InChI=1S/C9H22N3.BF4/c1-10(2)9(11(3)4)8-12(5,6)7;2-1(3,4)5/h8H,1-7H3;/q+1;-1. The van der Waals surface area contributed by atoms with Crippen molar-refractivity contribution in [2.24, 2.45) is 0 Å². The Hall–Kier alpha value is -0.915. The molecule has 0 aliphatic rings. The van der Waals surface area contributed by atoms with E-state index in [9.17, 15) is 17.3 Å². The largest absolute Gasteiger partial charge is 0.673 e. The summed E-state index contributed by atoms with van der Waals surface area (Å²) in [6.45, 7) is 0. The Kier molecular flexibility index (Phi) is 7.31. The highest BCUT2D eigenvalue weighted by molar-refractivity contribution is 6.50. The minimum absolute atomic E-state index is 0.839. The minimum Gasteiger partial charge on any atom is -0.418 e. The van der Waals surface area contributed by atoms with Crippen LogP contribution in [-0.4, -0.2) is 70.9 Å². The molecule has 0 amide bonds. The smallest absolute Gasteiger partial charge is 0.418 e. The van der Waals surface area contributed by atoms with E-state index in [1.165, 1.54) is 5.82 Å². The summed E-state index contributed by atoms with van der Waals surface area (Å²) >= 11 is 0. The molecule has 104 valence electrons. The molecular formula is C9H22BF4N3. The Morgan fingerprint density at radius 2 is 1.12 bits per heavy atom. The number of quaternary nitrogens is 1. The molecule has 0 radical (unpaired) electrons. The average Bonchev–Trinajstić information content (AvgIpc) is 1.93. The van der Waals surface area contributed by atoms with Gasteiger partial charge in [0, 0.05) is 28.2 Å². The quantitative estimate of drug-likeness (QED) is 0.434. The second-order valence-corrected chi connectivity index (χ2v) is 4.89. The molecule has 3 nitrogen and oxygen atoms in total. The van der Waals surface area contributed by atoms with Gasteiger partial charge in [0.2, 0.25) is 0 Å². The van der Waals surface area contributed by atoms with Crippen LogP contribution in [0.15, 0.2) is 12.0 Å². The predicted octanol–water partition coefficient (Wildman–Crippen LogP) is 1.91. The van der Waals surface area contributed by atoms with Gasteiger partial charge < -0.3 is 31.5 Å². The monoisotopic (exact) mass is 259 g/mol. The molecule has 17 heavy (non-hydrogen) atoms. The number of rotatable bonds is 3. The molecule has 0 spiro atoms. The lowest BCUT2D eigenvalue weighted by molar-refractivity contribution is -0.818. The summed E-state index contributed by atoms with van der Waals surface area (Å²) < 4.78 is 39.8. The van der Waals surface area contributed by atoms with E-state index in [1.807, 2.05) is 0 Å². The Morgan fingerprint density at radius 1 is 0.882 bits per heavy atom. The van der Waals surface area contributed by atoms with Gasteiger partial charge in [0.05, 0.1) is 21.1 Å². The predicted molar refractivity (Wildman–Crippen MR) is 63.7 cm³/mol. The van der Waals surface area contributed by atoms with Crippen LogP contribution in [0.5, 0.6) is 0 Å². The third-order valence-electron chi connectivity index (χ3n) is 1.42. The fraction of sp³-hybridized carbons (Fsp3) is 0.778. The summed E-state index contributed by atoms with van der Waals surface area (Å²) in [7, 11) is 8.67. The van der Waals surface area contributed by atoms with Gasteiger partial charge in [0.25, 0.3) is 0 Å². The second kappa shape index (κ2) is 6.73. The van der Waals surface area contributed by atoms with Crippen molar-refractivity contribution in [3.8, 4) is 0 Å². The molecule has 0 aliphatic carbocycles. The third-order valence-corrected chi connectivity index (χ3v) is 1.42. The maximum absolute atomic E-state index is 9.75. The molecule has 0 aliphatic heterocycles. The van der Waals surface area contributed by atoms with E-state index in [2.05, 4.69) is 65.3 Å². The molecule has 0 heterocycles. The molecule has 0 bridgehead atoms. The minimum atomic E-state index is -6.00. The highest BCUT2D eigenvalue weighted by Crippen LogP contribution is 2.06. The average molecular weight is 259 g/mol. The van der Waals surface area contributed by atoms with Gasteiger partial charge in [-0.15, -0.1) is 0 Å². The molecule has 0 unspecified atom stereocenters. The van der Waals surface area contributed by atoms with Crippen molar-refractivity contribution >= 4 is 7.25 Å². The maximum atomic E-state index is 9.75. The first-order chi connectivity index (χ1) is 7.24. The zero-order valence-corrected chi connectivity index (χ0v) is 11.5. The van der Waals surface area contributed by atoms with E-state index in [0.717, 1.165) is 4.48 Å². The fourth-order valence-electron chi connectivity index (χ4n) is 0.977. The maximum Gasteiger partial charge on any atom is 0.673 e. The molecule has 0 atom stereocenters. The summed E-state index contributed by atoms with van der Waals surface area (Å²) in [5, 5.41) is 0. The Morgan fingerprint density at radius 3 is 1.18 bits per heavy atom. The highest BCUT2D eigenvalue weighted by Gasteiger charge is 2.20. The molecule has 0 N–H and O–H groups in total. The lowest BCUT2D eigenvalue weighted by Gasteiger charge is -2.27. The topological polar surface area (TPSA) is 6.48 Å². The lowest BCUT2D eigenvalue weighted by atomic mass is 10.3. The van der Waals surface area contributed by atoms with E-state index in [4.69, 9.17) is 0 Å². The Labute approximate surface area is 101 Å². The molecule has 0 rings (SSSR count). The van der Waals surface area contributed by atoms with Gasteiger partial charge in [-0.2, -0.15) is 0 Å². The van der Waals surface area contributed by atoms with Crippen LogP contribution in [0.4, 0.5) is 17.3 Å². The van der Waals surface area contributed by atoms with Crippen LogP contribution in [0.1, 0.15) is 0 Å². The number of halogens is 4. The van der Waals surface area contributed by atoms with Crippen LogP contribution >= 0.6 is 0 Å². The summed E-state index contributed by atoms with van der Waals surface area (Å²) in [6, 6.07) is 0. The number of hydrogen-bond donors (Lipinski definition) is 0. The van der Waals surface area contributed by atoms with Gasteiger partial charge in [-0.05, 0) is 0 Å². The summed E-state index contributed by atoms with van der Waals surface area (Å²) in [5.41, 5.74) is 0. The summed E-state index contributed by atoms with van der Waals surface area (Å²) in [5.74, 6) is 1.22. The summed E-state index contributed by atoms with van der Waals surface area (Å²) in [6.07, 6.45) is 2.21. The first-order valence-electron chi connectivity index (χ1n) is 5.00. The van der Waals surface area contributed by atoms with Crippen molar-refractivity contribution < 1.29 is 21.7 Å². The fourth-order valence-corrected chi connectivity index (χ4v) is 0.977. The SMILES string of the molecule is CN(C)C(=C[N+](C)(C)C)N(C)C.F[B-](F)(F)F. The van der Waals surface area contributed by atoms with Crippen LogP contribution < -0.4 is 0 Å². The third kappa shape index (κ3) is 17.7. The first-order valence-corrected chi connectivity index (χ1v) is 5.00. The number of nitrogens with zero attached hydrogens (tertiary/aromatic N) is 3. The molecule has 0 aromatic rings. The van der Waals surface area contributed by atoms with E-state index >= 15 is 0 Å². The van der Waals surface area contributed by atoms with Crippen molar-refractivity contribution in [1.82, 2.24) is 9.80 Å². The lowest BCUT2D eigenvalue weighted by Crippen LogP contribution is -2.33. The molecule has 0 saturated carbocycles. The van der Waals surface area contributed by atoms with Crippen molar-refractivity contribution in [2.45, 2.75) is 0 Å². The normalized spacial score (nSPS) is 11.2. The molecular weight excluding hydrogens is 237 g/mol. The van der Waals surface area contributed by atoms with Crippen LogP contribution in [0.25, 0.3) is 0 Å². The van der Waals surface area contributed by atoms with E-state index in [0.29, 0.717) is 0 Å². The number of hydrogen-bond acceptors (Lipinski definition) is 2. The van der Waals surface area contributed by atoms with Crippen molar-refractivity contribution in [1.29, 1.82) is 0 Å². The van der Waals surface area contributed by atoms with Crippen LogP contribution in [0.3, 0.4) is 0 Å². The molecule has 0 saturated heterocycles. The molecule has 0 aromatic heterocycles. The van der Waals surface area contributed by atoms with Gasteiger partial charge >= 0.3 is 7.25 Å². The highest BCUT2D eigenvalue weighted by atomic mass is 19.5. The summed E-state index contributed by atoms with van der Waals surface area (Å²) in [4.78, 5) is 4.23. The van der Waals surface area contributed by atoms with Crippen LogP contribution in [-0.2, 0) is 0 Å². The Balaban J connectivity index is 0. The van der Waals surface area contributed by atoms with Gasteiger partial charge in [-0.1, -0.05) is 0 Å². The zero-order chi connectivity index (χ0) is 14.4. The van der Waals surface area contributed by atoms with Crippen LogP contribution in [0.2, 0.25) is 0 Å². The zero-order valence-electron chi connectivity index (χ0n) is 11.5. The van der Waals surface area contributed by atoms with Crippen molar-refractivity contribution in [3.63, 3.8) is 0 Å².